The zero-order chi connectivity index (χ0) is 9.41. The summed E-state index contributed by atoms with van der Waals surface area (Å²) < 4.78 is 5.62. The molecule has 1 fully saturated rings. The average molecular weight is 172 g/mol. The Morgan fingerprint density at radius 3 is 2.25 bits per heavy atom. The van der Waals surface area contributed by atoms with E-state index in [0.29, 0.717) is 5.92 Å². The Kier molecular flexibility index (Phi) is 2.50. The SMILES string of the molecule is CC1(O)CC(COC(C)(C)C)C1. The van der Waals surface area contributed by atoms with E-state index in [4.69, 9.17) is 4.74 Å². The molecule has 0 aliphatic heterocycles. The summed E-state index contributed by atoms with van der Waals surface area (Å²) in [5, 5.41) is 9.46. The van der Waals surface area contributed by atoms with E-state index in [2.05, 4.69) is 20.8 Å². The van der Waals surface area contributed by atoms with Gasteiger partial charge >= 0.3 is 0 Å². The Labute approximate surface area is 74.9 Å². The van der Waals surface area contributed by atoms with Gasteiger partial charge < -0.3 is 9.84 Å². The molecule has 0 spiro atoms. The van der Waals surface area contributed by atoms with Crippen molar-refractivity contribution in [2.75, 3.05) is 6.61 Å². The number of ether oxygens (including phenoxy) is 1. The number of hydrogen-bond donors (Lipinski definition) is 1. The van der Waals surface area contributed by atoms with Crippen LogP contribution in [-0.4, -0.2) is 22.9 Å². The van der Waals surface area contributed by atoms with Gasteiger partial charge in [-0.3, -0.25) is 0 Å². The van der Waals surface area contributed by atoms with E-state index in [9.17, 15) is 5.11 Å². The van der Waals surface area contributed by atoms with Crippen molar-refractivity contribution >= 4 is 0 Å². The van der Waals surface area contributed by atoms with Crippen LogP contribution in [0.5, 0.6) is 0 Å². The molecule has 1 aliphatic carbocycles. The Bertz CT molecular complexity index is 148. The highest BCUT2D eigenvalue weighted by molar-refractivity contribution is 4.90. The van der Waals surface area contributed by atoms with Crippen molar-refractivity contribution in [1.82, 2.24) is 0 Å². The van der Waals surface area contributed by atoms with Crippen LogP contribution in [-0.2, 0) is 4.74 Å². The summed E-state index contributed by atoms with van der Waals surface area (Å²) in [5.41, 5.74) is -0.451. The van der Waals surface area contributed by atoms with Gasteiger partial charge in [-0.25, -0.2) is 0 Å². The van der Waals surface area contributed by atoms with E-state index in [-0.39, 0.29) is 5.60 Å². The van der Waals surface area contributed by atoms with Crippen molar-refractivity contribution in [3.05, 3.63) is 0 Å². The van der Waals surface area contributed by atoms with Crippen LogP contribution in [0.4, 0.5) is 0 Å². The van der Waals surface area contributed by atoms with Crippen molar-refractivity contribution in [1.29, 1.82) is 0 Å². The fraction of sp³-hybridized carbons (Fsp3) is 1.00. The molecule has 0 saturated heterocycles. The molecule has 1 aliphatic rings. The van der Waals surface area contributed by atoms with Gasteiger partial charge in [0.05, 0.1) is 17.8 Å². The molecule has 2 nitrogen and oxygen atoms in total. The molecule has 72 valence electrons. The molecule has 0 bridgehead atoms. The molecular formula is C10H20O2. The molecule has 0 radical (unpaired) electrons. The topological polar surface area (TPSA) is 29.5 Å². The lowest BCUT2D eigenvalue weighted by molar-refractivity contribution is -0.108. The molecule has 0 aromatic carbocycles. The second kappa shape index (κ2) is 3.00. The van der Waals surface area contributed by atoms with E-state index < -0.39 is 5.60 Å². The Morgan fingerprint density at radius 2 is 1.92 bits per heavy atom. The summed E-state index contributed by atoms with van der Waals surface area (Å²) in [5.74, 6) is 0.569. The van der Waals surface area contributed by atoms with Gasteiger partial charge in [-0.1, -0.05) is 0 Å². The van der Waals surface area contributed by atoms with E-state index in [1.165, 1.54) is 0 Å². The fourth-order valence-electron chi connectivity index (χ4n) is 1.67. The molecule has 0 aromatic heterocycles. The highest BCUT2D eigenvalue weighted by atomic mass is 16.5. The number of aliphatic hydroxyl groups is 1. The Morgan fingerprint density at radius 1 is 1.42 bits per heavy atom. The van der Waals surface area contributed by atoms with Gasteiger partial charge in [-0.2, -0.15) is 0 Å². The van der Waals surface area contributed by atoms with Gasteiger partial charge in [0.2, 0.25) is 0 Å². The summed E-state index contributed by atoms with van der Waals surface area (Å²) in [6.07, 6.45) is 1.78. The maximum Gasteiger partial charge on any atom is 0.0626 e. The van der Waals surface area contributed by atoms with Crippen LogP contribution in [0.15, 0.2) is 0 Å². The van der Waals surface area contributed by atoms with E-state index in [1.54, 1.807) is 0 Å². The fourth-order valence-corrected chi connectivity index (χ4v) is 1.67. The van der Waals surface area contributed by atoms with E-state index >= 15 is 0 Å². The molecule has 0 unspecified atom stereocenters. The molecule has 0 heterocycles. The number of hydrogen-bond acceptors (Lipinski definition) is 2. The number of rotatable bonds is 2. The standard InChI is InChI=1S/C10H20O2/c1-9(2,3)12-7-8-5-10(4,11)6-8/h8,11H,5-7H2,1-4H3. The van der Waals surface area contributed by atoms with Crippen LogP contribution in [0, 0.1) is 5.92 Å². The van der Waals surface area contributed by atoms with Crippen LogP contribution in [0.25, 0.3) is 0 Å². The molecule has 0 aromatic rings. The largest absolute Gasteiger partial charge is 0.390 e. The lowest BCUT2D eigenvalue weighted by Gasteiger charge is -2.41. The lowest BCUT2D eigenvalue weighted by Crippen LogP contribution is -2.43. The molecule has 1 rings (SSSR count). The minimum absolute atomic E-state index is 0.0402. The second-order valence-corrected chi connectivity index (χ2v) is 5.19. The zero-order valence-electron chi connectivity index (χ0n) is 8.55. The minimum Gasteiger partial charge on any atom is -0.390 e. The molecular weight excluding hydrogens is 152 g/mol. The predicted octanol–water partition coefficient (Wildman–Crippen LogP) is 1.96. The van der Waals surface area contributed by atoms with Gasteiger partial charge in [-0.05, 0) is 46.5 Å². The molecule has 0 atom stereocenters. The molecule has 0 amide bonds. The molecule has 1 N–H and O–H groups in total. The summed E-state index contributed by atoms with van der Waals surface area (Å²) in [6, 6.07) is 0. The maximum absolute atomic E-state index is 9.46. The second-order valence-electron chi connectivity index (χ2n) is 5.19. The first-order chi connectivity index (χ1) is 5.29. The van der Waals surface area contributed by atoms with Gasteiger partial charge in [-0.15, -0.1) is 0 Å². The summed E-state index contributed by atoms with van der Waals surface area (Å²) in [4.78, 5) is 0. The van der Waals surface area contributed by atoms with Crippen LogP contribution < -0.4 is 0 Å². The quantitative estimate of drug-likeness (QED) is 0.690. The van der Waals surface area contributed by atoms with Crippen molar-refractivity contribution in [3.63, 3.8) is 0 Å². The van der Waals surface area contributed by atoms with Gasteiger partial charge in [0, 0.05) is 0 Å². The average Bonchev–Trinajstić information content (AvgIpc) is 1.76. The highest BCUT2D eigenvalue weighted by Gasteiger charge is 2.38. The lowest BCUT2D eigenvalue weighted by atomic mass is 9.73. The highest BCUT2D eigenvalue weighted by Crippen LogP contribution is 2.37. The Hall–Kier alpha value is -0.0800. The minimum atomic E-state index is -0.411. The van der Waals surface area contributed by atoms with Crippen LogP contribution in [0.3, 0.4) is 0 Å². The summed E-state index contributed by atoms with van der Waals surface area (Å²) >= 11 is 0. The van der Waals surface area contributed by atoms with Crippen molar-refractivity contribution in [2.24, 2.45) is 5.92 Å². The van der Waals surface area contributed by atoms with Gasteiger partial charge in [0.15, 0.2) is 0 Å². The first kappa shape index (κ1) is 10.0. The molecule has 12 heavy (non-hydrogen) atoms. The first-order valence-corrected chi connectivity index (χ1v) is 4.65. The Balaban J connectivity index is 2.12. The normalized spacial score (nSPS) is 36.2. The van der Waals surface area contributed by atoms with Crippen molar-refractivity contribution in [2.45, 2.75) is 51.7 Å². The third kappa shape index (κ3) is 3.11. The molecule has 1 saturated carbocycles. The van der Waals surface area contributed by atoms with Crippen molar-refractivity contribution < 1.29 is 9.84 Å². The van der Waals surface area contributed by atoms with Gasteiger partial charge in [0.25, 0.3) is 0 Å². The predicted molar refractivity (Wildman–Crippen MR) is 49.1 cm³/mol. The monoisotopic (exact) mass is 172 g/mol. The van der Waals surface area contributed by atoms with E-state index in [0.717, 1.165) is 19.4 Å². The molecule has 2 heteroatoms. The smallest absolute Gasteiger partial charge is 0.0626 e. The van der Waals surface area contributed by atoms with E-state index in [1.807, 2.05) is 6.92 Å². The third-order valence-electron chi connectivity index (χ3n) is 2.21. The van der Waals surface area contributed by atoms with Crippen LogP contribution in [0.2, 0.25) is 0 Å². The van der Waals surface area contributed by atoms with Crippen LogP contribution >= 0.6 is 0 Å². The maximum atomic E-state index is 9.46. The summed E-state index contributed by atoms with van der Waals surface area (Å²) in [7, 11) is 0. The van der Waals surface area contributed by atoms with Crippen LogP contribution in [0.1, 0.15) is 40.5 Å². The van der Waals surface area contributed by atoms with Gasteiger partial charge in [0.1, 0.15) is 0 Å². The first-order valence-electron chi connectivity index (χ1n) is 4.65. The summed E-state index contributed by atoms with van der Waals surface area (Å²) in [6.45, 7) is 8.86. The van der Waals surface area contributed by atoms with Crippen molar-refractivity contribution in [3.8, 4) is 0 Å². The third-order valence-corrected chi connectivity index (χ3v) is 2.21. The zero-order valence-corrected chi connectivity index (χ0v) is 8.55.